The van der Waals surface area contributed by atoms with Crippen molar-refractivity contribution in [3.05, 3.63) is 23.1 Å². The van der Waals surface area contributed by atoms with E-state index < -0.39 is 0 Å². The van der Waals surface area contributed by atoms with Crippen LogP contribution in [-0.4, -0.2) is 10.2 Å². The van der Waals surface area contributed by atoms with Crippen molar-refractivity contribution in [1.29, 1.82) is 0 Å². The van der Waals surface area contributed by atoms with Gasteiger partial charge in [-0.1, -0.05) is 11.3 Å². The van der Waals surface area contributed by atoms with Crippen molar-refractivity contribution in [3.8, 4) is 0 Å². The first kappa shape index (κ1) is 9.54. The summed E-state index contributed by atoms with van der Waals surface area (Å²) in [7, 11) is 0. The van der Waals surface area contributed by atoms with E-state index in [1.807, 2.05) is 13.0 Å². The Morgan fingerprint density at radius 3 is 3.00 bits per heavy atom. The van der Waals surface area contributed by atoms with E-state index in [0.29, 0.717) is 5.13 Å². The minimum absolute atomic E-state index is 0.518. The highest BCUT2D eigenvalue weighted by Gasteiger charge is 2.05. The maximum Gasteiger partial charge on any atom is 0.203 e. The molecule has 2 aromatic heterocycles. The summed E-state index contributed by atoms with van der Waals surface area (Å²) in [5, 5.41) is 9.14. The lowest BCUT2D eigenvalue weighted by molar-refractivity contribution is 0.527. The molecule has 0 aliphatic rings. The number of hydrogen-bond acceptors (Lipinski definition) is 6. The Morgan fingerprint density at radius 2 is 2.43 bits per heavy atom. The van der Waals surface area contributed by atoms with Gasteiger partial charge >= 0.3 is 0 Å². The predicted octanol–water partition coefficient (Wildman–Crippen LogP) is 2.31. The molecule has 14 heavy (non-hydrogen) atoms. The van der Waals surface area contributed by atoms with Crippen LogP contribution in [0.3, 0.4) is 0 Å². The molecule has 0 aliphatic heterocycles. The third-order valence-corrected chi connectivity index (χ3v) is 3.73. The van der Waals surface area contributed by atoms with E-state index in [1.54, 1.807) is 18.0 Å². The number of nitrogens with two attached hydrogens (primary N) is 1. The lowest BCUT2D eigenvalue weighted by Gasteiger charge is -1.94. The Labute approximate surface area is 89.5 Å². The van der Waals surface area contributed by atoms with Crippen LogP contribution in [0.1, 0.15) is 10.8 Å². The van der Waals surface area contributed by atoms with Gasteiger partial charge in [-0.05, 0) is 13.0 Å². The van der Waals surface area contributed by atoms with E-state index >= 15 is 0 Å². The fourth-order valence-electron chi connectivity index (χ4n) is 0.987. The molecule has 0 atom stereocenters. The van der Waals surface area contributed by atoms with Crippen molar-refractivity contribution >= 4 is 28.2 Å². The quantitative estimate of drug-likeness (QED) is 0.815. The fourth-order valence-corrected chi connectivity index (χ4v) is 2.54. The van der Waals surface area contributed by atoms with Gasteiger partial charge in [0.1, 0.15) is 10.8 Å². The minimum Gasteiger partial charge on any atom is -0.468 e. The number of furan rings is 1. The molecule has 0 saturated carbocycles. The van der Waals surface area contributed by atoms with Gasteiger partial charge in [0.05, 0.1) is 12.0 Å². The number of thioether (sulfide) groups is 1. The lowest BCUT2D eigenvalue weighted by atomic mass is 10.5. The van der Waals surface area contributed by atoms with Crippen LogP contribution in [0, 0.1) is 6.92 Å². The molecule has 6 heteroatoms. The van der Waals surface area contributed by atoms with Gasteiger partial charge in [0, 0.05) is 4.90 Å². The standard InChI is InChI=1S/C8H9N3OS2/c1-5-6(2-3-12-5)13-4-7-10-11-8(9)14-7/h2-3H,4H2,1H3,(H2,9,11). The maximum absolute atomic E-state index is 5.47. The van der Waals surface area contributed by atoms with Gasteiger partial charge in [0.15, 0.2) is 0 Å². The van der Waals surface area contributed by atoms with Crippen LogP contribution in [0.4, 0.5) is 5.13 Å². The smallest absolute Gasteiger partial charge is 0.203 e. The normalized spacial score (nSPS) is 10.6. The maximum atomic E-state index is 5.47. The summed E-state index contributed by atoms with van der Waals surface area (Å²) < 4.78 is 5.18. The van der Waals surface area contributed by atoms with E-state index in [2.05, 4.69) is 10.2 Å². The molecule has 4 nitrogen and oxygen atoms in total. The summed E-state index contributed by atoms with van der Waals surface area (Å²) >= 11 is 3.10. The van der Waals surface area contributed by atoms with E-state index in [9.17, 15) is 0 Å². The molecular formula is C8H9N3OS2. The van der Waals surface area contributed by atoms with Gasteiger partial charge in [0.2, 0.25) is 5.13 Å². The zero-order valence-corrected chi connectivity index (χ0v) is 9.19. The summed E-state index contributed by atoms with van der Waals surface area (Å²) in [4.78, 5) is 1.14. The van der Waals surface area contributed by atoms with E-state index in [1.165, 1.54) is 11.3 Å². The first-order valence-corrected chi connectivity index (χ1v) is 5.80. The van der Waals surface area contributed by atoms with Gasteiger partial charge < -0.3 is 10.2 Å². The van der Waals surface area contributed by atoms with Crippen LogP contribution >= 0.6 is 23.1 Å². The van der Waals surface area contributed by atoms with Crippen LogP contribution in [0.2, 0.25) is 0 Å². The number of nitrogen functional groups attached to an aromatic ring is 1. The fraction of sp³-hybridized carbons (Fsp3) is 0.250. The first-order chi connectivity index (χ1) is 6.75. The van der Waals surface area contributed by atoms with Crippen LogP contribution in [0.5, 0.6) is 0 Å². The Morgan fingerprint density at radius 1 is 1.57 bits per heavy atom. The Bertz CT molecular complexity index is 424. The molecule has 2 N–H and O–H groups in total. The number of rotatable bonds is 3. The largest absolute Gasteiger partial charge is 0.468 e. The van der Waals surface area contributed by atoms with Crippen molar-refractivity contribution in [1.82, 2.24) is 10.2 Å². The number of aryl methyl sites for hydroxylation is 1. The SMILES string of the molecule is Cc1occc1SCc1nnc(N)s1. The van der Waals surface area contributed by atoms with Gasteiger partial charge in [-0.25, -0.2) is 0 Å². The van der Waals surface area contributed by atoms with Crippen LogP contribution < -0.4 is 5.73 Å². The molecule has 0 fully saturated rings. The van der Waals surface area contributed by atoms with Crippen LogP contribution in [-0.2, 0) is 5.75 Å². The zero-order valence-electron chi connectivity index (χ0n) is 7.56. The number of hydrogen-bond donors (Lipinski definition) is 1. The Kier molecular flexibility index (Phi) is 2.74. The highest BCUT2D eigenvalue weighted by atomic mass is 32.2. The third kappa shape index (κ3) is 2.08. The highest BCUT2D eigenvalue weighted by molar-refractivity contribution is 7.98. The number of nitrogens with zero attached hydrogens (tertiary/aromatic N) is 2. The average molecular weight is 227 g/mol. The van der Waals surface area contributed by atoms with Crippen LogP contribution in [0.25, 0.3) is 0 Å². The van der Waals surface area contributed by atoms with Gasteiger partial charge in [-0.15, -0.1) is 22.0 Å². The first-order valence-electron chi connectivity index (χ1n) is 4.00. The van der Waals surface area contributed by atoms with Gasteiger partial charge in [-0.2, -0.15) is 0 Å². The Balaban J connectivity index is 1.98. The molecule has 0 amide bonds. The second-order valence-corrected chi connectivity index (χ2v) is 4.77. The molecule has 0 saturated heterocycles. The molecule has 2 heterocycles. The predicted molar refractivity (Wildman–Crippen MR) is 57.3 cm³/mol. The monoisotopic (exact) mass is 227 g/mol. The van der Waals surface area contributed by atoms with Crippen molar-refractivity contribution < 1.29 is 4.42 Å². The molecule has 0 aromatic carbocycles. The number of anilines is 1. The summed E-state index contributed by atoms with van der Waals surface area (Å²) in [6.45, 7) is 1.94. The average Bonchev–Trinajstić information content (AvgIpc) is 2.72. The van der Waals surface area contributed by atoms with Crippen molar-refractivity contribution in [2.24, 2.45) is 0 Å². The molecule has 0 radical (unpaired) electrons. The molecule has 2 rings (SSSR count). The summed E-state index contributed by atoms with van der Waals surface area (Å²) in [6, 6.07) is 1.95. The van der Waals surface area contributed by atoms with Gasteiger partial charge in [-0.3, -0.25) is 0 Å². The lowest BCUT2D eigenvalue weighted by Crippen LogP contribution is -1.81. The summed E-state index contributed by atoms with van der Waals surface area (Å²) in [6.07, 6.45) is 1.69. The second kappa shape index (κ2) is 4.02. The van der Waals surface area contributed by atoms with Crippen molar-refractivity contribution in [2.45, 2.75) is 17.6 Å². The molecular weight excluding hydrogens is 218 g/mol. The Hall–Kier alpha value is -1.01. The third-order valence-electron chi connectivity index (χ3n) is 1.64. The molecule has 74 valence electrons. The van der Waals surface area contributed by atoms with E-state index in [0.717, 1.165) is 21.4 Å². The van der Waals surface area contributed by atoms with Crippen molar-refractivity contribution in [3.63, 3.8) is 0 Å². The molecule has 0 bridgehead atoms. The van der Waals surface area contributed by atoms with Crippen molar-refractivity contribution in [2.75, 3.05) is 5.73 Å². The van der Waals surface area contributed by atoms with E-state index in [4.69, 9.17) is 10.2 Å². The highest BCUT2D eigenvalue weighted by Crippen LogP contribution is 2.27. The molecule has 2 aromatic rings. The molecule has 0 unspecified atom stereocenters. The zero-order chi connectivity index (χ0) is 9.97. The molecule has 0 aliphatic carbocycles. The van der Waals surface area contributed by atoms with E-state index in [-0.39, 0.29) is 0 Å². The topological polar surface area (TPSA) is 64.9 Å². The second-order valence-electron chi connectivity index (χ2n) is 2.66. The van der Waals surface area contributed by atoms with Crippen LogP contribution in [0.15, 0.2) is 21.6 Å². The molecule has 0 spiro atoms. The van der Waals surface area contributed by atoms with Gasteiger partial charge in [0.25, 0.3) is 0 Å². The summed E-state index contributed by atoms with van der Waals surface area (Å²) in [5.41, 5.74) is 5.47. The number of aromatic nitrogens is 2. The minimum atomic E-state index is 0.518. The summed E-state index contributed by atoms with van der Waals surface area (Å²) in [5.74, 6) is 1.72.